The number of hydrogen-bond donors (Lipinski definition) is 3. The van der Waals surface area contributed by atoms with Gasteiger partial charge < -0.3 is 16.8 Å². The van der Waals surface area contributed by atoms with Crippen LogP contribution in [0.2, 0.25) is 0 Å². The molecule has 0 aliphatic rings. The zero-order valence-corrected chi connectivity index (χ0v) is 15.3. The number of aryl methyl sites for hydroxylation is 1. The fourth-order valence-electron chi connectivity index (χ4n) is 2.98. The van der Waals surface area contributed by atoms with Crippen molar-refractivity contribution >= 4 is 55.6 Å². The van der Waals surface area contributed by atoms with Gasteiger partial charge in [-0.05, 0) is 37.3 Å². The van der Waals surface area contributed by atoms with Gasteiger partial charge in [-0.15, -0.1) is 11.3 Å². The Morgan fingerprint density at radius 3 is 2.67 bits per heavy atom. The molecule has 0 saturated carbocycles. The summed E-state index contributed by atoms with van der Waals surface area (Å²) in [5.41, 5.74) is 14.5. The molecule has 0 bridgehead atoms. The standard InChI is InChI=1S/C20H16N4O2S/c1-10-6-7-14-11(8-10)9-13-16(21)17(27-20(13)24-14)19(26)23-15-5-3-2-4-12(15)18(22)25/h2-9H,21H2,1H3,(H2,22,25)(H,23,26). The van der Waals surface area contributed by atoms with Crippen molar-refractivity contribution in [1.29, 1.82) is 0 Å². The lowest BCUT2D eigenvalue weighted by atomic mass is 10.1. The number of carbonyl (C=O) groups excluding carboxylic acids is 2. The summed E-state index contributed by atoms with van der Waals surface area (Å²) in [6.45, 7) is 2.01. The maximum atomic E-state index is 12.8. The molecule has 2 heterocycles. The zero-order chi connectivity index (χ0) is 19.1. The van der Waals surface area contributed by atoms with Crippen LogP contribution in [0.25, 0.3) is 21.1 Å². The summed E-state index contributed by atoms with van der Waals surface area (Å²) in [5.74, 6) is -1.01. The summed E-state index contributed by atoms with van der Waals surface area (Å²) in [6, 6.07) is 14.5. The number of hydrogen-bond acceptors (Lipinski definition) is 5. The van der Waals surface area contributed by atoms with Gasteiger partial charge in [0.15, 0.2) is 0 Å². The predicted molar refractivity (Wildman–Crippen MR) is 109 cm³/mol. The molecule has 2 aromatic carbocycles. The summed E-state index contributed by atoms with van der Waals surface area (Å²) in [4.78, 5) is 30.0. The number of para-hydroxylation sites is 1. The van der Waals surface area contributed by atoms with Gasteiger partial charge in [0.05, 0.1) is 22.5 Å². The van der Waals surface area contributed by atoms with Gasteiger partial charge in [0, 0.05) is 10.8 Å². The number of thiophene rings is 1. The molecule has 6 nitrogen and oxygen atoms in total. The Morgan fingerprint density at radius 1 is 1.11 bits per heavy atom. The second kappa shape index (κ2) is 6.37. The highest BCUT2D eigenvalue weighted by Crippen LogP contribution is 2.35. The second-order valence-electron chi connectivity index (χ2n) is 6.25. The number of carbonyl (C=O) groups is 2. The van der Waals surface area contributed by atoms with Gasteiger partial charge in [0.25, 0.3) is 11.8 Å². The van der Waals surface area contributed by atoms with Gasteiger partial charge in [0.2, 0.25) is 0 Å². The van der Waals surface area contributed by atoms with Gasteiger partial charge in [0.1, 0.15) is 9.71 Å². The number of nitrogens with zero attached hydrogens (tertiary/aromatic N) is 1. The van der Waals surface area contributed by atoms with Crippen molar-refractivity contribution in [2.75, 3.05) is 11.1 Å². The molecule has 5 N–H and O–H groups in total. The Hall–Kier alpha value is -3.45. The van der Waals surface area contributed by atoms with Crippen molar-refractivity contribution in [2.24, 2.45) is 5.73 Å². The minimum Gasteiger partial charge on any atom is -0.397 e. The van der Waals surface area contributed by atoms with E-state index in [9.17, 15) is 9.59 Å². The molecule has 134 valence electrons. The zero-order valence-electron chi connectivity index (χ0n) is 14.4. The monoisotopic (exact) mass is 376 g/mol. The van der Waals surface area contributed by atoms with E-state index in [1.165, 1.54) is 11.3 Å². The minimum absolute atomic E-state index is 0.241. The maximum Gasteiger partial charge on any atom is 0.267 e. The first-order valence-corrected chi connectivity index (χ1v) is 9.05. The number of primary amides is 1. The van der Waals surface area contributed by atoms with E-state index in [1.807, 2.05) is 31.2 Å². The van der Waals surface area contributed by atoms with Crippen LogP contribution in [0.5, 0.6) is 0 Å². The van der Waals surface area contributed by atoms with Crippen LogP contribution in [-0.2, 0) is 0 Å². The van der Waals surface area contributed by atoms with E-state index in [0.29, 0.717) is 21.1 Å². The quantitative estimate of drug-likeness (QED) is 0.506. The van der Waals surface area contributed by atoms with E-state index in [1.54, 1.807) is 24.3 Å². The van der Waals surface area contributed by atoms with Crippen molar-refractivity contribution in [1.82, 2.24) is 4.98 Å². The third kappa shape index (κ3) is 2.98. The van der Waals surface area contributed by atoms with E-state index in [0.717, 1.165) is 21.9 Å². The summed E-state index contributed by atoms with van der Waals surface area (Å²) in [6.07, 6.45) is 0. The molecule has 4 aromatic rings. The molecule has 2 aromatic heterocycles. The number of pyridine rings is 1. The Labute approximate surface area is 158 Å². The highest BCUT2D eigenvalue weighted by Gasteiger charge is 2.19. The molecule has 0 fully saturated rings. The lowest BCUT2D eigenvalue weighted by molar-refractivity contribution is 0.100. The summed E-state index contributed by atoms with van der Waals surface area (Å²) < 4.78 is 0. The van der Waals surface area contributed by atoms with E-state index >= 15 is 0 Å². The van der Waals surface area contributed by atoms with Crippen LogP contribution >= 0.6 is 11.3 Å². The van der Waals surface area contributed by atoms with Crippen molar-refractivity contribution < 1.29 is 9.59 Å². The van der Waals surface area contributed by atoms with Crippen LogP contribution in [0.15, 0.2) is 48.5 Å². The van der Waals surface area contributed by atoms with Crippen molar-refractivity contribution in [3.63, 3.8) is 0 Å². The maximum absolute atomic E-state index is 12.8. The minimum atomic E-state index is -0.613. The summed E-state index contributed by atoms with van der Waals surface area (Å²) in [5, 5.41) is 4.44. The first-order valence-electron chi connectivity index (χ1n) is 8.23. The average molecular weight is 376 g/mol. The number of anilines is 2. The van der Waals surface area contributed by atoms with Crippen LogP contribution in [0, 0.1) is 6.92 Å². The molecule has 27 heavy (non-hydrogen) atoms. The fraction of sp³-hybridized carbons (Fsp3) is 0.0500. The smallest absolute Gasteiger partial charge is 0.267 e. The van der Waals surface area contributed by atoms with Crippen LogP contribution in [0.1, 0.15) is 25.6 Å². The molecule has 7 heteroatoms. The van der Waals surface area contributed by atoms with Crippen molar-refractivity contribution in [3.8, 4) is 0 Å². The molecule has 4 rings (SSSR count). The molecule has 0 unspecified atom stereocenters. The highest BCUT2D eigenvalue weighted by molar-refractivity contribution is 7.21. The van der Waals surface area contributed by atoms with Crippen LogP contribution in [-0.4, -0.2) is 16.8 Å². The lowest BCUT2D eigenvalue weighted by Gasteiger charge is -2.08. The molecular weight excluding hydrogens is 360 g/mol. The number of nitrogen functional groups attached to an aromatic ring is 1. The van der Waals surface area contributed by atoms with E-state index in [-0.39, 0.29) is 5.56 Å². The summed E-state index contributed by atoms with van der Waals surface area (Å²) >= 11 is 1.22. The van der Waals surface area contributed by atoms with E-state index in [4.69, 9.17) is 11.5 Å². The van der Waals surface area contributed by atoms with E-state index in [2.05, 4.69) is 10.3 Å². The number of aromatic nitrogens is 1. The Balaban J connectivity index is 1.77. The van der Waals surface area contributed by atoms with Crippen LogP contribution < -0.4 is 16.8 Å². The van der Waals surface area contributed by atoms with Gasteiger partial charge >= 0.3 is 0 Å². The van der Waals surface area contributed by atoms with Crippen LogP contribution in [0.3, 0.4) is 0 Å². The molecule has 0 radical (unpaired) electrons. The molecule has 2 amide bonds. The lowest BCUT2D eigenvalue weighted by Crippen LogP contribution is -2.18. The van der Waals surface area contributed by atoms with Gasteiger partial charge in [-0.2, -0.15) is 0 Å². The molecule has 0 atom stereocenters. The van der Waals surface area contributed by atoms with Gasteiger partial charge in [-0.3, -0.25) is 9.59 Å². The van der Waals surface area contributed by atoms with Crippen molar-refractivity contribution in [3.05, 3.63) is 64.5 Å². The number of benzene rings is 2. The third-order valence-electron chi connectivity index (χ3n) is 4.32. The fourth-order valence-corrected chi connectivity index (χ4v) is 3.96. The van der Waals surface area contributed by atoms with Gasteiger partial charge in [-0.1, -0.05) is 23.8 Å². The number of nitrogens with one attached hydrogen (secondary N) is 1. The highest BCUT2D eigenvalue weighted by atomic mass is 32.1. The average Bonchev–Trinajstić information content (AvgIpc) is 2.96. The molecule has 0 aliphatic carbocycles. The first kappa shape index (κ1) is 17.0. The number of rotatable bonds is 3. The number of fused-ring (bicyclic) bond motifs is 2. The molecular formula is C20H16N4O2S. The Bertz CT molecular complexity index is 1230. The third-order valence-corrected chi connectivity index (χ3v) is 5.43. The second-order valence-corrected chi connectivity index (χ2v) is 7.25. The normalized spacial score (nSPS) is 11.0. The Morgan fingerprint density at radius 2 is 1.89 bits per heavy atom. The molecule has 0 saturated heterocycles. The van der Waals surface area contributed by atoms with E-state index < -0.39 is 11.8 Å². The topological polar surface area (TPSA) is 111 Å². The largest absolute Gasteiger partial charge is 0.397 e. The number of nitrogens with two attached hydrogens (primary N) is 2. The van der Waals surface area contributed by atoms with Crippen LogP contribution in [0.4, 0.5) is 11.4 Å². The summed E-state index contributed by atoms with van der Waals surface area (Å²) in [7, 11) is 0. The van der Waals surface area contributed by atoms with Crippen molar-refractivity contribution in [2.45, 2.75) is 6.92 Å². The number of amides is 2. The predicted octanol–water partition coefficient (Wildman–Crippen LogP) is 3.69. The van der Waals surface area contributed by atoms with Gasteiger partial charge in [-0.25, -0.2) is 4.98 Å². The Kier molecular flexibility index (Phi) is 4.01. The molecule has 0 spiro atoms. The SMILES string of the molecule is Cc1ccc2nc3sc(C(=O)Nc4ccccc4C(N)=O)c(N)c3cc2c1. The molecule has 0 aliphatic heterocycles. The first-order chi connectivity index (χ1) is 12.9.